The van der Waals surface area contributed by atoms with Crippen molar-refractivity contribution in [2.24, 2.45) is 11.7 Å². The highest BCUT2D eigenvalue weighted by atomic mass is 19.1. The molecule has 1 saturated heterocycles. The average Bonchev–Trinajstić information content (AvgIpc) is 3.28. The summed E-state index contributed by atoms with van der Waals surface area (Å²) in [5, 5.41) is 9.61. The number of aromatic carboxylic acids is 1. The first-order valence-electron chi connectivity index (χ1n) is 9.67. The third kappa shape index (κ3) is 2.56. The number of carbonyl (C=O) groups is 1. The van der Waals surface area contributed by atoms with Gasteiger partial charge in [0.05, 0.1) is 11.6 Å². The van der Waals surface area contributed by atoms with Crippen LogP contribution < -0.4 is 20.9 Å². The quantitative estimate of drug-likeness (QED) is 0.811. The van der Waals surface area contributed by atoms with E-state index >= 15 is 4.39 Å². The van der Waals surface area contributed by atoms with Crippen LogP contribution in [0.5, 0.6) is 5.75 Å². The van der Waals surface area contributed by atoms with Crippen LogP contribution in [0.2, 0.25) is 0 Å². The minimum absolute atomic E-state index is 0.00456. The number of anilines is 1. The van der Waals surface area contributed by atoms with Crippen LogP contribution in [-0.4, -0.2) is 47.0 Å². The summed E-state index contributed by atoms with van der Waals surface area (Å²) >= 11 is 0. The summed E-state index contributed by atoms with van der Waals surface area (Å²) < 4.78 is 37.0. The summed E-state index contributed by atoms with van der Waals surface area (Å²) in [6, 6.07) is 1.93. The fourth-order valence-corrected chi connectivity index (χ4v) is 4.72. The van der Waals surface area contributed by atoms with Crippen LogP contribution in [0.4, 0.5) is 14.5 Å². The second-order valence-electron chi connectivity index (χ2n) is 8.43. The van der Waals surface area contributed by atoms with Gasteiger partial charge < -0.3 is 20.5 Å². The van der Waals surface area contributed by atoms with E-state index in [0.717, 1.165) is 18.9 Å². The van der Waals surface area contributed by atoms with Crippen LogP contribution in [0.3, 0.4) is 0 Å². The van der Waals surface area contributed by atoms with Gasteiger partial charge in [-0.25, -0.2) is 13.6 Å². The number of ether oxygens (including phenoxy) is 1. The second-order valence-corrected chi connectivity index (χ2v) is 8.43. The molecule has 29 heavy (non-hydrogen) atoms. The van der Waals surface area contributed by atoms with Gasteiger partial charge in [-0.15, -0.1) is 0 Å². The van der Waals surface area contributed by atoms with Gasteiger partial charge >= 0.3 is 5.97 Å². The van der Waals surface area contributed by atoms with Crippen LogP contribution in [0, 0.1) is 11.7 Å². The summed E-state index contributed by atoms with van der Waals surface area (Å²) in [5.74, 6) is -2.24. The maximum atomic E-state index is 15.2. The van der Waals surface area contributed by atoms with Crippen LogP contribution in [0.15, 0.2) is 16.9 Å². The average molecular weight is 405 g/mol. The first kappa shape index (κ1) is 18.4. The molecule has 9 heteroatoms. The molecule has 0 bridgehead atoms. The summed E-state index contributed by atoms with van der Waals surface area (Å²) in [7, 11) is 0. The molecular formula is C20H21F2N3O4. The fraction of sp³-hybridized carbons (Fsp3) is 0.500. The number of carboxylic acid groups (broad SMARTS) is 1. The molecule has 3 atom stereocenters. The smallest absolute Gasteiger partial charge is 0.341 e. The number of pyridine rings is 1. The minimum atomic E-state index is -1.37. The van der Waals surface area contributed by atoms with Crippen molar-refractivity contribution in [3.05, 3.63) is 33.9 Å². The van der Waals surface area contributed by atoms with Crippen molar-refractivity contribution in [1.82, 2.24) is 4.57 Å². The molecule has 0 amide bonds. The highest BCUT2D eigenvalue weighted by Crippen LogP contribution is 2.48. The van der Waals surface area contributed by atoms with Gasteiger partial charge in [0.2, 0.25) is 0 Å². The topological polar surface area (TPSA) is 97.8 Å². The molecule has 5 rings (SSSR count). The monoisotopic (exact) mass is 405 g/mol. The molecule has 1 saturated carbocycles. The van der Waals surface area contributed by atoms with E-state index in [2.05, 4.69) is 0 Å². The van der Waals surface area contributed by atoms with E-state index in [1.54, 1.807) is 11.8 Å². The van der Waals surface area contributed by atoms with Crippen molar-refractivity contribution in [3.8, 4) is 5.75 Å². The molecule has 0 radical (unpaired) electrons. The summed E-state index contributed by atoms with van der Waals surface area (Å²) in [5.41, 5.74) is 5.03. The van der Waals surface area contributed by atoms with E-state index in [0.29, 0.717) is 5.52 Å². The Labute approximate surface area is 164 Å². The van der Waals surface area contributed by atoms with E-state index in [-0.39, 0.29) is 42.4 Å². The van der Waals surface area contributed by atoms with Crippen LogP contribution in [0.25, 0.3) is 10.9 Å². The van der Waals surface area contributed by atoms with Gasteiger partial charge in [0.1, 0.15) is 24.0 Å². The second kappa shape index (κ2) is 5.91. The number of hydrogen-bond acceptors (Lipinski definition) is 5. The summed E-state index contributed by atoms with van der Waals surface area (Å²) in [4.78, 5) is 25.8. The van der Waals surface area contributed by atoms with Crippen LogP contribution in [-0.2, 0) is 0 Å². The first-order chi connectivity index (χ1) is 13.7. The van der Waals surface area contributed by atoms with Gasteiger partial charge in [0.25, 0.3) is 5.56 Å². The normalized spacial score (nSPS) is 27.2. The Kier molecular flexibility index (Phi) is 3.74. The predicted octanol–water partition coefficient (Wildman–Crippen LogP) is 2.06. The van der Waals surface area contributed by atoms with Crippen molar-refractivity contribution >= 4 is 22.6 Å². The lowest BCUT2D eigenvalue weighted by Crippen LogP contribution is -2.38. The summed E-state index contributed by atoms with van der Waals surface area (Å²) in [6.45, 7) is 2.07. The lowest BCUT2D eigenvalue weighted by Gasteiger charge is -2.31. The largest absolute Gasteiger partial charge is 0.487 e. The Morgan fingerprint density at radius 1 is 1.34 bits per heavy atom. The van der Waals surface area contributed by atoms with Crippen LogP contribution >= 0.6 is 0 Å². The Morgan fingerprint density at radius 3 is 2.72 bits per heavy atom. The highest BCUT2D eigenvalue weighted by molar-refractivity contribution is 5.97. The standard InChI is InChI=1S/C20H21F2N3O4/c1-9-8-29-17-15-10(4-11(19(27)28)18(26)25(9)15)5-13(21)16(17)24-6-12(14(22)7-24)20(23)2-3-20/h4-5,9,12,14H,2-3,6-8,23H2,1H3,(H,27,28)/t9-,12-,14-/m0/s1. The molecule has 0 unspecified atom stereocenters. The SMILES string of the molecule is C[C@H]1COc2c(N3C[C@H](F)[C@@H](C4(N)CC4)C3)c(F)cc3cc(C(=O)O)c(=O)n1c23. The molecule has 0 spiro atoms. The Balaban J connectivity index is 1.71. The zero-order valence-electron chi connectivity index (χ0n) is 15.8. The molecule has 3 heterocycles. The van der Waals surface area contributed by atoms with Crippen LogP contribution in [0.1, 0.15) is 36.2 Å². The van der Waals surface area contributed by atoms with Gasteiger partial charge in [-0.05, 0) is 31.9 Å². The number of benzene rings is 1. The van der Waals surface area contributed by atoms with E-state index in [4.69, 9.17) is 10.5 Å². The molecule has 2 aromatic rings. The molecule has 3 N–H and O–H groups in total. The van der Waals surface area contributed by atoms with Gasteiger partial charge in [-0.1, -0.05) is 0 Å². The van der Waals surface area contributed by atoms with Gasteiger partial charge in [-0.2, -0.15) is 0 Å². The third-order valence-corrected chi connectivity index (χ3v) is 6.47. The van der Waals surface area contributed by atoms with Crippen molar-refractivity contribution in [3.63, 3.8) is 0 Å². The third-order valence-electron chi connectivity index (χ3n) is 6.47. The van der Waals surface area contributed by atoms with Crippen molar-refractivity contribution in [1.29, 1.82) is 0 Å². The Morgan fingerprint density at radius 2 is 2.07 bits per heavy atom. The maximum absolute atomic E-state index is 15.2. The first-order valence-corrected chi connectivity index (χ1v) is 9.67. The zero-order valence-corrected chi connectivity index (χ0v) is 15.8. The lowest BCUT2D eigenvalue weighted by atomic mass is 9.96. The lowest BCUT2D eigenvalue weighted by molar-refractivity contribution is 0.0694. The molecule has 7 nitrogen and oxygen atoms in total. The number of hydrogen-bond donors (Lipinski definition) is 2. The number of halogens is 2. The zero-order chi connectivity index (χ0) is 20.7. The molecule has 1 aromatic heterocycles. The number of nitrogens with two attached hydrogens (primary N) is 1. The van der Waals surface area contributed by atoms with E-state index in [1.807, 2.05) is 0 Å². The molecule has 2 aliphatic heterocycles. The maximum Gasteiger partial charge on any atom is 0.341 e. The summed E-state index contributed by atoms with van der Waals surface area (Å²) in [6.07, 6.45) is 0.332. The fourth-order valence-electron chi connectivity index (χ4n) is 4.72. The molecule has 2 fully saturated rings. The molecule has 154 valence electrons. The minimum Gasteiger partial charge on any atom is -0.487 e. The van der Waals surface area contributed by atoms with Gasteiger partial charge in [-0.3, -0.25) is 9.36 Å². The van der Waals surface area contributed by atoms with Gasteiger partial charge in [0.15, 0.2) is 11.6 Å². The molecule has 1 aromatic carbocycles. The highest BCUT2D eigenvalue weighted by Gasteiger charge is 2.53. The number of rotatable bonds is 3. The Bertz CT molecular complexity index is 1110. The van der Waals surface area contributed by atoms with E-state index < -0.39 is 40.7 Å². The predicted molar refractivity (Wildman–Crippen MR) is 102 cm³/mol. The van der Waals surface area contributed by atoms with Crippen molar-refractivity contribution in [2.45, 2.75) is 37.5 Å². The molecular weight excluding hydrogens is 384 g/mol. The molecule has 1 aliphatic carbocycles. The van der Waals surface area contributed by atoms with Gasteiger partial charge in [0, 0.05) is 29.9 Å². The van der Waals surface area contributed by atoms with Crippen molar-refractivity contribution < 1.29 is 23.4 Å². The van der Waals surface area contributed by atoms with Crippen molar-refractivity contribution in [2.75, 3.05) is 24.6 Å². The number of alkyl halides is 1. The number of carboxylic acids is 1. The van der Waals surface area contributed by atoms with E-state index in [1.165, 1.54) is 10.6 Å². The van der Waals surface area contributed by atoms with E-state index in [9.17, 15) is 19.1 Å². The number of nitrogens with zero attached hydrogens (tertiary/aromatic N) is 2. The Hall–Kier alpha value is -2.68. The molecule has 3 aliphatic rings. The number of aromatic nitrogens is 1.